The van der Waals surface area contributed by atoms with Gasteiger partial charge in [-0.25, -0.2) is 8.18 Å². The van der Waals surface area contributed by atoms with Crippen molar-refractivity contribution in [2.45, 2.75) is 5.60 Å². The molecular formula is C14H11NO4S. The van der Waals surface area contributed by atoms with Crippen LogP contribution >= 0.6 is 0 Å². The van der Waals surface area contributed by atoms with Crippen molar-refractivity contribution >= 4 is 28.0 Å². The van der Waals surface area contributed by atoms with Crippen LogP contribution < -0.4 is 0 Å². The largest absolute Gasteiger partial charge is 0.376 e. The lowest BCUT2D eigenvalue weighted by atomic mass is 9.94. The van der Waals surface area contributed by atoms with Crippen LogP contribution in [-0.2, 0) is 21.7 Å². The molecule has 3 rings (SSSR count). The summed E-state index contributed by atoms with van der Waals surface area (Å²) in [7, 11) is 0. The van der Waals surface area contributed by atoms with Crippen molar-refractivity contribution in [1.29, 1.82) is 0 Å². The molecule has 2 N–H and O–H groups in total. The number of fused-ring (bicyclic) bond motifs is 1. The highest BCUT2D eigenvalue weighted by molar-refractivity contribution is 7.77. The van der Waals surface area contributed by atoms with E-state index >= 15 is 0 Å². The molecule has 0 amide bonds. The number of hydrogen-bond acceptors (Lipinski definition) is 3. The summed E-state index contributed by atoms with van der Waals surface area (Å²) in [6, 6.07) is 8.66. The number of aliphatic hydroxyl groups is 1. The van der Waals surface area contributed by atoms with E-state index in [4.69, 9.17) is 0 Å². The lowest BCUT2D eigenvalue weighted by Gasteiger charge is -2.23. The van der Waals surface area contributed by atoms with E-state index in [-0.39, 0.29) is 11.5 Å². The highest BCUT2D eigenvalue weighted by Gasteiger charge is 2.31. The second-order valence-corrected chi connectivity index (χ2v) is 5.33. The fourth-order valence-electron chi connectivity index (χ4n) is 2.28. The van der Waals surface area contributed by atoms with Crippen LogP contribution in [-0.4, -0.2) is 23.6 Å². The predicted molar refractivity (Wildman–Crippen MR) is 75.3 cm³/mol. The van der Waals surface area contributed by atoms with Crippen molar-refractivity contribution in [2.75, 3.05) is 0 Å². The smallest absolute Gasteiger partial charge is 0.266 e. The van der Waals surface area contributed by atoms with Crippen molar-refractivity contribution in [3.05, 3.63) is 60.3 Å². The summed E-state index contributed by atoms with van der Waals surface area (Å²) in [5.74, 6) is -0.234. The second-order valence-electron chi connectivity index (χ2n) is 4.51. The zero-order chi connectivity index (χ0) is 14.3. The highest BCUT2D eigenvalue weighted by atomic mass is 32.2. The number of rotatable bonds is 2. The van der Waals surface area contributed by atoms with Gasteiger partial charge in [-0.2, -0.15) is 0 Å². The van der Waals surface area contributed by atoms with E-state index in [1.165, 1.54) is 24.3 Å². The standard InChI is InChI=1S/C14H11NO4S/c16-11-5-7-14(17,8-6-11)13-9-10-3-1-2-4-12(10)15(13)20(18)19/h1-9,17H,(H,18,19). The normalized spacial score (nSPS) is 18.6. The Kier molecular flexibility index (Phi) is 2.93. The average Bonchev–Trinajstić information content (AvgIpc) is 2.82. The van der Waals surface area contributed by atoms with E-state index in [1.54, 1.807) is 30.3 Å². The van der Waals surface area contributed by atoms with E-state index in [9.17, 15) is 18.7 Å². The number of carbonyl (C=O) groups excluding carboxylic acids is 1. The molecule has 0 aliphatic heterocycles. The van der Waals surface area contributed by atoms with Crippen LogP contribution in [0.3, 0.4) is 0 Å². The molecule has 102 valence electrons. The number of nitrogens with zero attached hydrogens (tertiary/aromatic N) is 1. The van der Waals surface area contributed by atoms with Crippen LogP contribution in [0.1, 0.15) is 5.69 Å². The third kappa shape index (κ3) is 1.94. The van der Waals surface area contributed by atoms with Crippen LogP contribution in [0.25, 0.3) is 10.9 Å². The molecule has 2 aromatic rings. The maximum Gasteiger partial charge on any atom is 0.266 e. The van der Waals surface area contributed by atoms with E-state index in [1.807, 2.05) is 0 Å². The Morgan fingerprint density at radius 3 is 2.45 bits per heavy atom. The van der Waals surface area contributed by atoms with Crippen molar-refractivity contribution in [2.24, 2.45) is 0 Å². The zero-order valence-electron chi connectivity index (χ0n) is 10.3. The van der Waals surface area contributed by atoms with Crippen LogP contribution in [0.2, 0.25) is 0 Å². The number of allylic oxidation sites excluding steroid dienone is 2. The predicted octanol–water partition coefficient (Wildman–Crippen LogP) is 1.51. The SMILES string of the molecule is O=C1C=CC(O)(c2cc3ccccc3n2S(=O)O)C=C1. The molecule has 1 unspecified atom stereocenters. The zero-order valence-corrected chi connectivity index (χ0v) is 11.1. The number of ketones is 1. The molecule has 0 saturated carbocycles. The molecule has 5 nitrogen and oxygen atoms in total. The van der Waals surface area contributed by atoms with E-state index < -0.39 is 16.9 Å². The molecule has 0 spiro atoms. The van der Waals surface area contributed by atoms with Gasteiger partial charge in [0.1, 0.15) is 5.60 Å². The van der Waals surface area contributed by atoms with Gasteiger partial charge in [0, 0.05) is 5.39 Å². The number of carbonyl (C=O) groups is 1. The molecule has 0 bridgehead atoms. The molecule has 0 saturated heterocycles. The van der Waals surface area contributed by atoms with E-state index in [0.717, 1.165) is 9.36 Å². The highest BCUT2D eigenvalue weighted by Crippen LogP contribution is 2.32. The Labute approximate surface area is 117 Å². The molecule has 1 aliphatic carbocycles. The number of para-hydroxylation sites is 1. The van der Waals surface area contributed by atoms with Gasteiger partial charge in [0.05, 0.1) is 11.2 Å². The Morgan fingerprint density at radius 2 is 1.80 bits per heavy atom. The van der Waals surface area contributed by atoms with Crippen molar-refractivity contribution in [3.63, 3.8) is 0 Å². The molecule has 1 aliphatic rings. The quantitative estimate of drug-likeness (QED) is 0.821. The summed E-state index contributed by atoms with van der Waals surface area (Å²) < 4.78 is 22.2. The summed E-state index contributed by atoms with van der Waals surface area (Å²) >= 11 is -2.32. The van der Waals surface area contributed by atoms with Crippen molar-refractivity contribution in [3.8, 4) is 0 Å². The molecule has 1 aromatic heterocycles. The minimum Gasteiger partial charge on any atom is -0.376 e. The van der Waals surface area contributed by atoms with Gasteiger partial charge in [-0.15, -0.1) is 0 Å². The molecule has 0 radical (unpaired) electrons. The van der Waals surface area contributed by atoms with Gasteiger partial charge in [0.15, 0.2) is 5.78 Å². The van der Waals surface area contributed by atoms with Crippen LogP contribution in [0, 0.1) is 0 Å². The summed E-state index contributed by atoms with van der Waals surface area (Å²) in [4.78, 5) is 11.2. The van der Waals surface area contributed by atoms with E-state index in [2.05, 4.69) is 0 Å². The monoisotopic (exact) mass is 289 g/mol. The molecule has 0 fully saturated rings. The molecular weight excluding hydrogens is 278 g/mol. The number of benzene rings is 1. The van der Waals surface area contributed by atoms with Gasteiger partial charge in [-0.1, -0.05) is 18.2 Å². The lowest BCUT2D eigenvalue weighted by Crippen LogP contribution is -2.27. The fourth-order valence-corrected chi connectivity index (χ4v) is 2.98. The molecule has 20 heavy (non-hydrogen) atoms. The van der Waals surface area contributed by atoms with Crippen LogP contribution in [0.4, 0.5) is 0 Å². The third-order valence-electron chi connectivity index (χ3n) is 3.24. The van der Waals surface area contributed by atoms with Gasteiger partial charge >= 0.3 is 0 Å². The third-order valence-corrected chi connectivity index (χ3v) is 3.94. The second kappa shape index (κ2) is 4.52. The summed E-state index contributed by atoms with van der Waals surface area (Å²) in [6.45, 7) is 0. The van der Waals surface area contributed by atoms with Gasteiger partial charge < -0.3 is 5.11 Å². The first-order valence-electron chi connectivity index (χ1n) is 5.88. The van der Waals surface area contributed by atoms with Gasteiger partial charge in [0.2, 0.25) is 0 Å². The maximum atomic E-state index is 11.6. The van der Waals surface area contributed by atoms with Crippen LogP contribution in [0.5, 0.6) is 0 Å². The van der Waals surface area contributed by atoms with Crippen molar-refractivity contribution in [1.82, 2.24) is 3.97 Å². The maximum absolute atomic E-state index is 11.6. The minimum absolute atomic E-state index is 0.234. The van der Waals surface area contributed by atoms with Gasteiger partial charge in [-0.3, -0.25) is 9.35 Å². The fraction of sp³-hybridized carbons (Fsp3) is 0.0714. The topological polar surface area (TPSA) is 79.5 Å². The Hall–Kier alpha value is -2.02. The first-order chi connectivity index (χ1) is 9.51. The minimum atomic E-state index is -2.32. The van der Waals surface area contributed by atoms with Crippen molar-refractivity contribution < 1.29 is 18.7 Å². The number of aromatic nitrogens is 1. The molecule has 6 heteroatoms. The summed E-state index contributed by atoms with van der Waals surface area (Å²) in [6.07, 6.45) is 5.10. The van der Waals surface area contributed by atoms with Gasteiger partial charge in [0.25, 0.3) is 11.3 Å². The average molecular weight is 289 g/mol. The Morgan fingerprint density at radius 1 is 1.15 bits per heavy atom. The van der Waals surface area contributed by atoms with Gasteiger partial charge in [-0.05, 0) is 36.4 Å². The summed E-state index contributed by atoms with van der Waals surface area (Å²) in [5.41, 5.74) is -0.805. The lowest BCUT2D eigenvalue weighted by molar-refractivity contribution is -0.110. The first-order valence-corrected chi connectivity index (χ1v) is 6.95. The molecule has 1 heterocycles. The number of hydrogen-bond donors (Lipinski definition) is 2. The van der Waals surface area contributed by atoms with E-state index in [0.29, 0.717) is 5.52 Å². The summed E-state index contributed by atoms with van der Waals surface area (Å²) in [5, 5.41) is 11.3. The Bertz CT molecular complexity index is 772. The molecule has 1 aromatic carbocycles. The Balaban J connectivity index is 2.29. The van der Waals surface area contributed by atoms with Crippen LogP contribution in [0.15, 0.2) is 54.6 Å². The molecule has 1 atom stereocenters. The first kappa shape index (κ1) is 13.0.